The molecule has 2 saturated heterocycles. The molecule has 0 bridgehead atoms. The molecular formula is C27H33FN2O2. The van der Waals surface area contributed by atoms with E-state index in [0.29, 0.717) is 6.54 Å². The van der Waals surface area contributed by atoms with Crippen LogP contribution in [0, 0.1) is 18.2 Å². The fraction of sp³-hybridized carbons (Fsp3) is 0.519. The summed E-state index contributed by atoms with van der Waals surface area (Å²) >= 11 is 0. The van der Waals surface area contributed by atoms with Crippen LogP contribution in [0.1, 0.15) is 60.6 Å². The van der Waals surface area contributed by atoms with Crippen LogP contribution in [0.5, 0.6) is 0 Å². The van der Waals surface area contributed by atoms with Crippen molar-refractivity contribution in [3.63, 3.8) is 0 Å². The molecule has 1 saturated carbocycles. The Hall–Kier alpha value is -2.24. The van der Waals surface area contributed by atoms with Crippen LogP contribution < -0.4 is 5.32 Å². The number of aliphatic hydroxyl groups is 1. The third-order valence-corrected chi connectivity index (χ3v) is 8.43. The molecule has 3 aliphatic rings. The van der Waals surface area contributed by atoms with Crippen molar-refractivity contribution in [2.75, 3.05) is 19.6 Å². The van der Waals surface area contributed by atoms with Gasteiger partial charge in [0.15, 0.2) is 0 Å². The molecule has 4 nitrogen and oxygen atoms in total. The first-order chi connectivity index (χ1) is 15.5. The molecule has 2 aromatic carbocycles. The van der Waals surface area contributed by atoms with E-state index in [1.165, 1.54) is 23.3 Å². The Kier molecular flexibility index (Phi) is 5.81. The molecule has 32 heavy (non-hydrogen) atoms. The Labute approximate surface area is 189 Å². The quantitative estimate of drug-likeness (QED) is 0.761. The highest BCUT2D eigenvalue weighted by atomic mass is 19.1. The number of carbonyl (C=O) groups excluding carboxylic acids is 1. The van der Waals surface area contributed by atoms with Crippen molar-refractivity contribution in [1.29, 1.82) is 0 Å². The molecule has 1 aliphatic carbocycles. The lowest BCUT2D eigenvalue weighted by Crippen LogP contribution is -2.54. The minimum Gasteiger partial charge on any atom is -0.391 e. The fourth-order valence-corrected chi connectivity index (χ4v) is 6.58. The van der Waals surface area contributed by atoms with Crippen molar-refractivity contribution in [3.05, 3.63) is 71.0 Å². The number of aliphatic hydroxyl groups excluding tert-OH is 1. The molecule has 5 rings (SSSR count). The summed E-state index contributed by atoms with van der Waals surface area (Å²) < 4.78 is 13.4. The maximum Gasteiger partial charge on any atom is 0.227 e. The van der Waals surface area contributed by atoms with Crippen molar-refractivity contribution in [2.45, 2.75) is 63.0 Å². The summed E-state index contributed by atoms with van der Waals surface area (Å²) in [6.45, 7) is 4.37. The zero-order chi connectivity index (χ0) is 22.3. The van der Waals surface area contributed by atoms with Gasteiger partial charge >= 0.3 is 0 Å². The second-order valence-corrected chi connectivity index (χ2v) is 9.96. The summed E-state index contributed by atoms with van der Waals surface area (Å²) in [7, 11) is 0. The molecular weight excluding hydrogens is 403 g/mol. The molecule has 3 fully saturated rings. The maximum absolute atomic E-state index is 13.4. The normalized spacial score (nSPS) is 30.4. The first-order valence-electron chi connectivity index (χ1n) is 12.0. The topological polar surface area (TPSA) is 52.6 Å². The molecule has 1 amide bonds. The molecule has 2 aliphatic heterocycles. The highest BCUT2D eigenvalue weighted by Crippen LogP contribution is 2.49. The minimum atomic E-state index is -0.427. The molecule has 0 aromatic heterocycles. The summed E-state index contributed by atoms with van der Waals surface area (Å²) in [5, 5.41) is 14.4. The number of piperidine rings is 1. The number of likely N-dealkylation sites (tertiary alicyclic amines) is 1. The lowest BCUT2D eigenvalue weighted by atomic mass is 9.67. The molecule has 0 radical (unpaired) electrons. The van der Waals surface area contributed by atoms with Gasteiger partial charge in [0.2, 0.25) is 5.91 Å². The Bertz CT molecular complexity index is 968. The lowest BCUT2D eigenvalue weighted by molar-refractivity contribution is -0.131. The van der Waals surface area contributed by atoms with Crippen molar-refractivity contribution in [1.82, 2.24) is 10.2 Å². The van der Waals surface area contributed by atoms with Crippen LogP contribution in [0.25, 0.3) is 0 Å². The standard InChI is InChI=1S/C27H33FN2O2/c1-18-5-2-3-6-21(18)22-7-4-8-24(25(22)31)30-15-13-27(14-16-30)23(17-29-26(27)32)19-9-11-20(28)12-10-19/h2-3,5-6,9-12,22-25,31H,4,7-8,13-17H2,1H3,(H,29,32). The van der Waals surface area contributed by atoms with Gasteiger partial charge in [-0.1, -0.05) is 42.8 Å². The van der Waals surface area contributed by atoms with Gasteiger partial charge in [-0.2, -0.15) is 0 Å². The fourth-order valence-electron chi connectivity index (χ4n) is 6.58. The first-order valence-corrected chi connectivity index (χ1v) is 12.0. The van der Waals surface area contributed by atoms with E-state index in [0.717, 1.165) is 50.8 Å². The van der Waals surface area contributed by atoms with Crippen LogP contribution in [-0.4, -0.2) is 47.7 Å². The summed E-state index contributed by atoms with van der Waals surface area (Å²) in [4.78, 5) is 15.4. The number of hydrogen-bond donors (Lipinski definition) is 2. The van der Waals surface area contributed by atoms with Gasteiger partial charge in [-0.3, -0.25) is 9.69 Å². The van der Waals surface area contributed by atoms with E-state index in [9.17, 15) is 14.3 Å². The van der Waals surface area contributed by atoms with Crippen LogP contribution in [0.15, 0.2) is 48.5 Å². The zero-order valence-electron chi connectivity index (χ0n) is 18.8. The molecule has 170 valence electrons. The SMILES string of the molecule is Cc1ccccc1C1CCCC(N2CCC3(CC2)C(=O)NCC3c2ccc(F)cc2)C1O. The van der Waals surface area contributed by atoms with E-state index < -0.39 is 5.41 Å². The Morgan fingerprint density at radius 1 is 1.06 bits per heavy atom. The highest BCUT2D eigenvalue weighted by molar-refractivity contribution is 5.86. The number of rotatable bonds is 3. The number of aryl methyl sites for hydroxylation is 1. The number of hydrogen-bond acceptors (Lipinski definition) is 3. The van der Waals surface area contributed by atoms with Crippen molar-refractivity contribution >= 4 is 5.91 Å². The zero-order valence-corrected chi connectivity index (χ0v) is 18.8. The number of halogens is 1. The number of amides is 1. The molecule has 4 unspecified atom stereocenters. The Morgan fingerprint density at radius 2 is 1.78 bits per heavy atom. The Morgan fingerprint density at radius 3 is 2.50 bits per heavy atom. The number of benzene rings is 2. The van der Waals surface area contributed by atoms with Gasteiger partial charge in [-0.15, -0.1) is 0 Å². The van der Waals surface area contributed by atoms with Crippen molar-refractivity contribution in [2.24, 2.45) is 5.41 Å². The number of nitrogens with one attached hydrogen (secondary N) is 1. The molecule has 4 atom stereocenters. The summed E-state index contributed by atoms with van der Waals surface area (Å²) in [5.41, 5.74) is 3.13. The summed E-state index contributed by atoms with van der Waals surface area (Å²) in [5.74, 6) is 0.138. The second kappa shape index (κ2) is 8.60. The minimum absolute atomic E-state index is 0.0775. The summed E-state index contributed by atoms with van der Waals surface area (Å²) in [6, 6.07) is 15.2. The van der Waals surface area contributed by atoms with Gasteiger partial charge in [0, 0.05) is 24.4 Å². The third kappa shape index (κ3) is 3.65. The Balaban J connectivity index is 1.32. The molecule has 2 aromatic rings. The lowest BCUT2D eigenvalue weighted by Gasteiger charge is -2.47. The summed E-state index contributed by atoms with van der Waals surface area (Å²) in [6.07, 6.45) is 4.31. The van der Waals surface area contributed by atoms with E-state index in [1.807, 2.05) is 12.1 Å². The van der Waals surface area contributed by atoms with Crippen LogP contribution in [0.4, 0.5) is 4.39 Å². The average molecular weight is 437 g/mol. The van der Waals surface area contributed by atoms with Gasteiger partial charge in [-0.25, -0.2) is 4.39 Å². The van der Waals surface area contributed by atoms with Gasteiger partial charge in [0.25, 0.3) is 0 Å². The number of carbonyl (C=O) groups is 1. The van der Waals surface area contributed by atoms with Crippen LogP contribution in [-0.2, 0) is 4.79 Å². The third-order valence-electron chi connectivity index (χ3n) is 8.43. The largest absolute Gasteiger partial charge is 0.391 e. The van der Waals surface area contributed by atoms with Crippen molar-refractivity contribution in [3.8, 4) is 0 Å². The van der Waals surface area contributed by atoms with Crippen LogP contribution >= 0.6 is 0 Å². The first kappa shape index (κ1) is 21.6. The monoisotopic (exact) mass is 436 g/mol. The van der Waals surface area contributed by atoms with E-state index >= 15 is 0 Å². The van der Waals surface area contributed by atoms with Crippen LogP contribution in [0.2, 0.25) is 0 Å². The second-order valence-electron chi connectivity index (χ2n) is 9.96. The molecule has 2 N–H and O–H groups in total. The van der Waals surface area contributed by atoms with Gasteiger partial charge in [0.1, 0.15) is 5.82 Å². The molecule has 5 heteroatoms. The molecule has 2 heterocycles. The van der Waals surface area contributed by atoms with Crippen LogP contribution in [0.3, 0.4) is 0 Å². The van der Waals surface area contributed by atoms with E-state index in [2.05, 4.69) is 41.4 Å². The predicted molar refractivity (Wildman–Crippen MR) is 123 cm³/mol. The smallest absolute Gasteiger partial charge is 0.227 e. The molecule has 1 spiro atoms. The van der Waals surface area contributed by atoms with E-state index in [-0.39, 0.29) is 35.7 Å². The van der Waals surface area contributed by atoms with Gasteiger partial charge < -0.3 is 10.4 Å². The van der Waals surface area contributed by atoms with Gasteiger partial charge in [-0.05, 0) is 74.5 Å². The number of nitrogens with zero attached hydrogens (tertiary/aromatic N) is 1. The van der Waals surface area contributed by atoms with E-state index in [1.54, 1.807) is 0 Å². The average Bonchev–Trinajstić information content (AvgIpc) is 3.11. The van der Waals surface area contributed by atoms with Crippen molar-refractivity contribution < 1.29 is 14.3 Å². The van der Waals surface area contributed by atoms with Gasteiger partial charge in [0.05, 0.1) is 11.5 Å². The maximum atomic E-state index is 13.4. The highest BCUT2D eigenvalue weighted by Gasteiger charge is 2.53. The van der Waals surface area contributed by atoms with E-state index in [4.69, 9.17) is 0 Å². The predicted octanol–water partition coefficient (Wildman–Crippen LogP) is 4.13.